The Morgan fingerprint density at radius 1 is 1.32 bits per heavy atom. The van der Waals surface area contributed by atoms with Crippen molar-refractivity contribution in [3.63, 3.8) is 0 Å². The number of nitrogens with zero attached hydrogens (tertiary/aromatic N) is 3. The van der Waals surface area contributed by atoms with Gasteiger partial charge in [0.1, 0.15) is 6.54 Å². The first-order valence-electron chi connectivity index (χ1n) is 6.52. The fraction of sp³-hybridized carbons (Fsp3) is 0.0667. The monoisotopic (exact) mass is 312 g/mol. The molecule has 0 aliphatic heterocycles. The third-order valence-corrected chi connectivity index (χ3v) is 3.80. The molecule has 3 heterocycles. The highest BCUT2D eigenvalue weighted by atomic mass is 32.1. The molecule has 0 spiro atoms. The zero-order valence-corrected chi connectivity index (χ0v) is 12.3. The van der Waals surface area contributed by atoms with Crippen LogP contribution >= 0.6 is 11.3 Å². The summed E-state index contributed by atoms with van der Waals surface area (Å²) in [5.41, 5.74) is 0.937. The summed E-state index contributed by atoms with van der Waals surface area (Å²) in [6.45, 7) is -0.0918. The lowest BCUT2D eigenvalue weighted by atomic mass is 10.3. The van der Waals surface area contributed by atoms with E-state index in [9.17, 15) is 9.59 Å². The molecule has 0 unspecified atom stereocenters. The Bertz CT molecular complexity index is 828. The number of carbonyl (C=O) groups excluding carboxylic acids is 1. The average molecular weight is 312 g/mol. The van der Waals surface area contributed by atoms with Gasteiger partial charge in [-0.3, -0.25) is 19.1 Å². The summed E-state index contributed by atoms with van der Waals surface area (Å²) in [4.78, 5) is 33.0. The van der Waals surface area contributed by atoms with E-state index in [0.29, 0.717) is 11.4 Å². The SMILES string of the molecule is O=C(Cn1cnc(-c2cccs2)cc1=O)Nc1cccnc1. The Hall–Kier alpha value is -2.80. The number of carbonyl (C=O) groups is 1. The highest BCUT2D eigenvalue weighted by Crippen LogP contribution is 2.20. The summed E-state index contributed by atoms with van der Waals surface area (Å²) < 4.78 is 1.27. The van der Waals surface area contributed by atoms with E-state index >= 15 is 0 Å². The second-order valence-electron chi connectivity index (χ2n) is 4.51. The van der Waals surface area contributed by atoms with Crippen molar-refractivity contribution in [3.8, 4) is 10.6 Å². The second kappa shape index (κ2) is 6.31. The van der Waals surface area contributed by atoms with Gasteiger partial charge in [-0.2, -0.15) is 0 Å². The van der Waals surface area contributed by atoms with E-state index in [1.807, 2.05) is 17.5 Å². The van der Waals surface area contributed by atoms with Crippen LogP contribution in [-0.2, 0) is 11.3 Å². The molecule has 1 N–H and O–H groups in total. The predicted molar refractivity (Wildman–Crippen MR) is 84.7 cm³/mol. The van der Waals surface area contributed by atoms with Crippen LogP contribution in [0.25, 0.3) is 10.6 Å². The molecule has 1 amide bonds. The summed E-state index contributed by atoms with van der Waals surface area (Å²) >= 11 is 1.51. The molecule has 0 saturated heterocycles. The number of pyridine rings is 1. The third-order valence-electron chi connectivity index (χ3n) is 2.91. The molecular formula is C15H12N4O2S. The maximum Gasteiger partial charge on any atom is 0.254 e. The highest BCUT2D eigenvalue weighted by molar-refractivity contribution is 7.13. The fourth-order valence-electron chi connectivity index (χ4n) is 1.90. The van der Waals surface area contributed by atoms with Crippen LogP contribution in [0.4, 0.5) is 5.69 Å². The zero-order chi connectivity index (χ0) is 15.4. The zero-order valence-electron chi connectivity index (χ0n) is 11.5. The van der Waals surface area contributed by atoms with E-state index in [-0.39, 0.29) is 18.0 Å². The minimum atomic E-state index is -0.305. The third kappa shape index (κ3) is 3.26. The van der Waals surface area contributed by atoms with Crippen molar-refractivity contribution in [3.05, 3.63) is 64.8 Å². The molecule has 0 aliphatic rings. The molecular weight excluding hydrogens is 300 g/mol. The Kier molecular flexibility index (Phi) is 4.06. The quantitative estimate of drug-likeness (QED) is 0.799. The second-order valence-corrected chi connectivity index (χ2v) is 5.46. The average Bonchev–Trinajstić information content (AvgIpc) is 3.04. The smallest absolute Gasteiger partial charge is 0.254 e. The minimum Gasteiger partial charge on any atom is -0.323 e. The molecule has 7 heteroatoms. The van der Waals surface area contributed by atoms with Gasteiger partial charge in [0, 0.05) is 12.3 Å². The van der Waals surface area contributed by atoms with Crippen LogP contribution in [0.1, 0.15) is 0 Å². The summed E-state index contributed by atoms with van der Waals surface area (Å²) in [5, 5.41) is 4.59. The lowest BCUT2D eigenvalue weighted by Crippen LogP contribution is -2.27. The van der Waals surface area contributed by atoms with Crippen LogP contribution in [0.15, 0.2) is 59.2 Å². The van der Waals surface area contributed by atoms with Crippen LogP contribution in [0.5, 0.6) is 0 Å². The Balaban J connectivity index is 1.73. The minimum absolute atomic E-state index is 0.0918. The lowest BCUT2D eigenvalue weighted by molar-refractivity contribution is -0.116. The van der Waals surface area contributed by atoms with Crippen LogP contribution in [0, 0.1) is 0 Å². The maximum absolute atomic E-state index is 12.1. The van der Waals surface area contributed by atoms with E-state index in [0.717, 1.165) is 4.88 Å². The molecule has 0 saturated carbocycles. The van der Waals surface area contributed by atoms with Crippen LogP contribution < -0.4 is 10.9 Å². The number of hydrogen-bond acceptors (Lipinski definition) is 5. The molecule has 3 rings (SSSR count). The molecule has 3 aromatic rings. The molecule has 0 atom stereocenters. The Morgan fingerprint density at radius 3 is 2.91 bits per heavy atom. The first kappa shape index (κ1) is 14.2. The van der Waals surface area contributed by atoms with Crippen molar-refractivity contribution in [2.75, 3.05) is 5.32 Å². The van der Waals surface area contributed by atoms with Gasteiger partial charge in [0.15, 0.2) is 0 Å². The van der Waals surface area contributed by atoms with Crippen LogP contribution in [-0.4, -0.2) is 20.4 Å². The van der Waals surface area contributed by atoms with Crippen molar-refractivity contribution in [1.29, 1.82) is 0 Å². The van der Waals surface area contributed by atoms with E-state index in [2.05, 4.69) is 15.3 Å². The fourth-order valence-corrected chi connectivity index (χ4v) is 2.59. The molecule has 22 heavy (non-hydrogen) atoms. The molecule has 3 aromatic heterocycles. The van der Waals surface area contributed by atoms with Crippen molar-refractivity contribution in [2.24, 2.45) is 0 Å². The number of aromatic nitrogens is 3. The van der Waals surface area contributed by atoms with Gasteiger partial charge in [-0.25, -0.2) is 4.98 Å². The summed E-state index contributed by atoms with van der Waals surface area (Å²) in [5.74, 6) is -0.305. The predicted octanol–water partition coefficient (Wildman–Crippen LogP) is 2.01. The first-order valence-corrected chi connectivity index (χ1v) is 7.40. The number of hydrogen-bond donors (Lipinski definition) is 1. The van der Waals surface area contributed by atoms with Gasteiger partial charge in [0.05, 0.1) is 28.8 Å². The Labute approximate surface area is 130 Å². The van der Waals surface area contributed by atoms with Crippen LogP contribution in [0.2, 0.25) is 0 Å². The molecule has 0 bridgehead atoms. The lowest BCUT2D eigenvalue weighted by Gasteiger charge is -2.07. The number of amides is 1. The summed E-state index contributed by atoms with van der Waals surface area (Å²) in [6.07, 6.45) is 4.55. The topological polar surface area (TPSA) is 76.9 Å². The van der Waals surface area contributed by atoms with E-state index in [1.165, 1.54) is 28.3 Å². The molecule has 0 aliphatic carbocycles. The standard InChI is InChI=1S/C15H12N4O2S/c20-14(18-11-3-1-5-16-8-11)9-19-10-17-12(7-15(19)21)13-4-2-6-22-13/h1-8,10H,9H2,(H,18,20). The molecule has 6 nitrogen and oxygen atoms in total. The summed E-state index contributed by atoms with van der Waals surface area (Å²) in [7, 11) is 0. The normalized spacial score (nSPS) is 10.4. The van der Waals surface area contributed by atoms with Gasteiger partial charge in [-0.05, 0) is 23.6 Å². The highest BCUT2D eigenvalue weighted by Gasteiger charge is 2.08. The number of nitrogens with one attached hydrogen (secondary N) is 1. The van der Waals surface area contributed by atoms with E-state index < -0.39 is 0 Å². The molecule has 0 fully saturated rings. The van der Waals surface area contributed by atoms with Crippen molar-refractivity contribution in [2.45, 2.75) is 6.54 Å². The van der Waals surface area contributed by atoms with Gasteiger partial charge >= 0.3 is 0 Å². The van der Waals surface area contributed by atoms with Gasteiger partial charge in [-0.15, -0.1) is 11.3 Å². The van der Waals surface area contributed by atoms with E-state index in [1.54, 1.807) is 24.5 Å². The van der Waals surface area contributed by atoms with Gasteiger partial charge in [0.2, 0.25) is 5.91 Å². The molecule has 0 aromatic carbocycles. The van der Waals surface area contributed by atoms with E-state index in [4.69, 9.17) is 0 Å². The van der Waals surface area contributed by atoms with Gasteiger partial charge < -0.3 is 5.32 Å². The molecule has 0 radical (unpaired) electrons. The molecule has 110 valence electrons. The first-order chi connectivity index (χ1) is 10.7. The van der Waals surface area contributed by atoms with Gasteiger partial charge in [0.25, 0.3) is 5.56 Å². The van der Waals surface area contributed by atoms with Crippen molar-refractivity contribution in [1.82, 2.24) is 14.5 Å². The van der Waals surface area contributed by atoms with Crippen molar-refractivity contribution < 1.29 is 4.79 Å². The number of thiophene rings is 1. The van der Waals surface area contributed by atoms with Crippen molar-refractivity contribution >= 4 is 22.9 Å². The summed E-state index contributed by atoms with van der Waals surface area (Å²) in [6, 6.07) is 8.68. The maximum atomic E-state index is 12.1. The van der Waals surface area contributed by atoms with Crippen LogP contribution in [0.3, 0.4) is 0 Å². The largest absolute Gasteiger partial charge is 0.323 e. The van der Waals surface area contributed by atoms with Gasteiger partial charge in [-0.1, -0.05) is 6.07 Å². The number of rotatable bonds is 4. The number of anilines is 1. The Morgan fingerprint density at radius 2 is 2.23 bits per heavy atom.